The minimum absolute atomic E-state index is 0.103. The van der Waals surface area contributed by atoms with E-state index in [1.165, 1.54) is 0 Å². The average Bonchev–Trinajstić information content (AvgIpc) is 2.30. The molecule has 6 heteroatoms. The molecule has 0 N–H and O–H groups in total. The number of hydrogen-bond acceptors (Lipinski definition) is 3. The summed E-state index contributed by atoms with van der Waals surface area (Å²) in [5.41, 5.74) is 0. The summed E-state index contributed by atoms with van der Waals surface area (Å²) in [5, 5.41) is 0. The van der Waals surface area contributed by atoms with Crippen LogP contribution in [0.5, 0.6) is 0 Å². The van der Waals surface area contributed by atoms with Crippen molar-refractivity contribution in [1.29, 1.82) is 0 Å². The zero-order valence-electron chi connectivity index (χ0n) is 5.96. The predicted molar refractivity (Wildman–Crippen MR) is 49.8 cm³/mol. The lowest BCUT2D eigenvalue weighted by atomic mass is 10.4. The summed E-state index contributed by atoms with van der Waals surface area (Å²) in [4.78, 5) is 0. The molecule has 0 aliphatic heterocycles. The Morgan fingerprint density at radius 2 is 2.17 bits per heavy atom. The van der Waals surface area contributed by atoms with Crippen LogP contribution in [0.4, 0.5) is 0 Å². The molecule has 0 aromatic carbocycles. The predicted octanol–water partition coefficient (Wildman–Crippen LogP) is 2.15. The van der Waals surface area contributed by atoms with Crippen molar-refractivity contribution in [3.63, 3.8) is 0 Å². The monoisotopic (exact) mass is 272 g/mol. The summed E-state index contributed by atoms with van der Waals surface area (Å²) in [6.45, 7) is 0. The largest absolute Gasteiger partial charge is 0.454 e. The molecule has 0 saturated carbocycles. The number of rotatable bonds is 3. The Kier molecular flexibility index (Phi) is 3.20. The number of furan rings is 1. The fourth-order valence-electron chi connectivity index (χ4n) is 0.709. The zero-order chi connectivity index (χ0) is 9.19. The summed E-state index contributed by atoms with van der Waals surface area (Å²) in [6.07, 6.45) is 0.303. The SMILES string of the molecule is O=S(=O)(Cl)CCc1ccc(Br)o1. The van der Waals surface area contributed by atoms with E-state index >= 15 is 0 Å². The molecule has 3 nitrogen and oxygen atoms in total. The second-order valence-corrected chi connectivity index (χ2v) is 5.88. The lowest BCUT2D eigenvalue weighted by Crippen LogP contribution is -1.99. The van der Waals surface area contributed by atoms with Gasteiger partial charge >= 0.3 is 0 Å². The smallest absolute Gasteiger partial charge is 0.233 e. The minimum Gasteiger partial charge on any atom is -0.454 e. The maximum atomic E-state index is 10.5. The van der Waals surface area contributed by atoms with Crippen molar-refractivity contribution < 1.29 is 12.8 Å². The van der Waals surface area contributed by atoms with Gasteiger partial charge in [0.25, 0.3) is 0 Å². The first kappa shape index (κ1) is 10.1. The van der Waals surface area contributed by atoms with Crippen LogP contribution in [0.1, 0.15) is 5.76 Å². The minimum atomic E-state index is -3.42. The van der Waals surface area contributed by atoms with Gasteiger partial charge < -0.3 is 4.42 Å². The fraction of sp³-hybridized carbons (Fsp3) is 0.333. The molecule has 0 aliphatic rings. The van der Waals surface area contributed by atoms with Crippen molar-refractivity contribution in [1.82, 2.24) is 0 Å². The normalized spacial score (nSPS) is 11.8. The highest BCUT2D eigenvalue weighted by atomic mass is 79.9. The quantitative estimate of drug-likeness (QED) is 0.793. The molecule has 0 saturated heterocycles. The number of aryl methyl sites for hydroxylation is 1. The Balaban J connectivity index is 2.55. The summed E-state index contributed by atoms with van der Waals surface area (Å²) in [6, 6.07) is 3.41. The molecule has 0 bridgehead atoms. The van der Waals surface area contributed by atoms with Gasteiger partial charge in [-0.05, 0) is 28.1 Å². The van der Waals surface area contributed by atoms with Crippen LogP contribution in [0, 0.1) is 0 Å². The highest BCUT2D eigenvalue weighted by Gasteiger charge is 2.07. The van der Waals surface area contributed by atoms with Crippen molar-refractivity contribution in [3.05, 3.63) is 22.6 Å². The van der Waals surface area contributed by atoms with Crippen LogP contribution in [0.2, 0.25) is 0 Å². The van der Waals surface area contributed by atoms with E-state index in [1.807, 2.05) is 0 Å². The van der Waals surface area contributed by atoms with Crippen molar-refractivity contribution in [2.24, 2.45) is 0 Å². The Bertz CT molecular complexity index is 357. The first-order chi connectivity index (χ1) is 5.47. The Morgan fingerprint density at radius 3 is 2.58 bits per heavy atom. The molecule has 1 aromatic heterocycles. The maximum Gasteiger partial charge on any atom is 0.233 e. The van der Waals surface area contributed by atoms with Gasteiger partial charge in [0.1, 0.15) is 5.76 Å². The molecule has 12 heavy (non-hydrogen) atoms. The van der Waals surface area contributed by atoms with Gasteiger partial charge in [-0.2, -0.15) is 0 Å². The van der Waals surface area contributed by atoms with E-state index in [2.05, 4.69) is 15.9 Å². The molecular weight excluding hydrogens is 267 g/mol. The molecule has 68 valence electrons. The third-order valence-electron chi connectivity index (χ3n) is 1.22. The molecule has 0 amide bonds. The van der Waals surface area contributed by atoms with Gasteiger partial charge in [-0.3, -0.25) is 0 Å². The van der Waals surface area contributed by atoms with Gasteiger partial charge in [0, 0.05) is 17.1 Å². The molecule has 0 unspecified atom stereocenters. The van der Waals surface area contributed by atoms with Crippen LogP contribution >= 0.6 is 26.6 Å². The highest BCUT2D eigenvalue weighted by molar-refractivity contribution is 9.10. The molecule has 0 atom stereocenters. The lowest BCUT2D eigenvalue weighted by Gasteiger charge is -1.92. The molecule has 1 rings (SSSR count). The summed E-state index contributed by atoms with van der Waals surface area (Å²) in [7, 11) is 1.59. The van der Waals surface area contributed by atoms with Crippen LogP contribution in [-0.2, 0) is 15.5 Å². The maximum absolute atomic E-state index is 10.5. The average molecular weight is 274 g/mol. The van der Waals surface area contributed by atoms with Gasteiger partial charge in [0.15, 0.2) is 4.67 Å². The first-order valence-electron chi connectivity index (χ1n) is 3.14. The zero-order valence-corrected chi connectivity index (χ0v) is 9.12. The Hall–Kier alpha value is -0.000000000000000111. The van der Waals surface area contributed by atoms with E-state index in [1.54, 1.807) is 12.1 Å². The first-order valence-corrected chi connectivity index (χ1v) is 6.41. The lowest BCUT2D eigenvalue weighted by molar-refractivity contribution is 0.493. The second kappa shape index (κ2) is 3.81. The summed E-state index contributed by atoms with van der Waals surface area (Å²) < 4.78 is 26.7. The van der Waals surface area contributed by atoms with E-state index < -0.39 is 9.05 Å². The summed E-state index contributed by atoms with van der Waals surface area (Å²) >= 11 is 3.10. The number of halogens is 2. The Morgan fingerprint density at radius 1 is 1.50 bits per heavy atom. The van der Waals surface area contributed by atoms with Gasteiger partial charge in [-0.25, -0.2) is 8.42 Å². The van der Waals surface area contributed by atoms with E-state index in [0.717, 1.165) is 0 Å². The van der Waals surface area contributed by atoms with Gasteiger partial charge in [-0.15, -0.1) is 0 Å². The molecular formula is C6H6BrClO3S. The molecule has 1 aromatic rings. The van der Waals surface area contributed by atoms with Crippen molar-refractivity contribution in [2.45, 2.75) is 6.42 Å². The molecule has 0 spiro atoms. The van der Waals surface area contributed by atoms with Crippen LogP contribution in [0.25, 0.3) is 0 Å². The van der Waals surface area contributed by atoms with E-state index in [9.17, 15) is 8.42 Å². The fourth-order valence-corrected chi connectivity index (χ4v) is 1.73. The molecule has 1 heterocycles. The van der Waals surface area contributed by atoms with Crippen LogP contribution in [0.3, 0.4) is 0 Å². The standard InChI is InChI=1S/C6H6BrClO3S/c7-6-2-1-5(11-6)3-4-12(8,9)10/h1-2H,3-4H2. The van der Waals surface area contributed by atoms with Crippen LogP contribution < -0.4 is 0 Å². The van der Waals surface area contributed by atoms with Gasteiger partial charge in [0.2, 0.25) is 9.05 Å². The van der Waals surface area contributed by atoms with Crippen molar-refractivity contribution >= 4 is 35.7 Å². The molecule has 0 fully saturated rings. The molecule has 0 radical (unpaired) electrons. The Labute approximate surface area is 83.3 Å². The van der Waals surface area contributed by atoms with Crippen LogP contribution in [-0.4, -0.2) is 14.2 Å². The van der Waals surface area contributed by atoms with Gasteiger partial charge in [0.05, 0.1) is 5.75 Å². The topological polar surface area (TPSA) is 47.3 Å². The molecule has 0 aliphatic carbocycles. The number of hydrogen-bond donors (Lipinski definition) is 0. The van der Waals surface area contributed by atoms with E-state index in [0.29, 0.717) is 16.9 Å². The highest BCUT2D eigenvalue weighted by Crippen LogP contribution is 2.15. The summed E-state index contributed by atoms with van der Waals surface area (Å²) in [5.74, 6) is 0.500. The van der Waals surface area contributed by atoms with Crippen molar-refractivity contribution in [2.75, 3.05) is 5.75 Å². The van der Waals surface area contributed by atoms with E-state index in [4.69, 9.17) is 15.1 Å². The van der Waals surface area contributed by atoms with Crippen molar-refractivity contribution in [3.8, 4) is 0 Å². The van der Waals surface area contributed by atoms with E-state index in [-0.39, 0.29) is 5.75 Å². The van der Waals surface area contributed by atoms with Gasteiger partial charge in [-0.1, -0.05) is 0 Å². The third-order valence-corrected chi connectivity index (χ3v) is 2.80. The second-order valence-electron chi connectivity index (χ2n) is 2.20. The van der Waals surface area contributed by atoms with Crippen LogP contribution in [0.15, 0.2) is 21.2 Å². The third kappa shape index (κ3) is 3.60.